The summed E-state index contributed by atoms with van der Waals surface area (Å²) in [6, 6.07) is 10.8. The zero-order valence-electron chi connectivity index (χ0n) is 12.4. The summed E-state index contributed by atoms with van der Waals surface area (Å²) in [5, 5.41) is 0. The van der Waals surface area contributed by atoms with E-state index in [1.807, 2.05) is 0 Å². The van der Waals surface area contributed by atoms with Gasteiger partial charge in [-0.15, -0.1) is 0 Å². The highest BCUT2D eigenvalue weighted by atomic mass is 15.1. The van der Waals surface area contributed by atoms with Gasteiger partial charge in [0.1, 0.15) is 0 Å². The van der Waals surface area contributed by atoms with Crippen LogP contribution in [0.3, 0.4) is 0 Å². The van der Waals surface area contributed by atoms with Gasteiger partial charge >= 0.3 is 0 Å². The fraction of sp³-hybridized carbons (Fsp3) is 0.647. The molecule has 0 saturated carbocycles. The molecule has 0 aromatic heterocycles. The molecule has 0 atom stereocenters. The maximum absolute atomic E-state index is 2.64. The minimum atomic E-state index is 1.09. The molecule has 1 saturated heterocycles. The summed E-state index contributed by atoms with van der Waals surface area (Å²) in [5.41, 5.74) is 1.43. The van der Waals surface area contributed by atoms with Gasteiger partial charge in [0.25, 0.3) is 0 Å². The SMILES string of the molecule is CCN(CCCN1CCCCC1)Cc1ccccc1. The van der Waals surface area contributed by atoms with Gasteiger partial charge in [-0.25, -0.2) is 0 Å². The fourth-order valence-electron chi connectivity index (χ4n) is 2.89. The quantitative estimate of drug-likeness (QED) is 0.741. The van der Waals surface area contributed by atoms with Crippen molar-refractivity contribution in [1.29, 1.82) is 0 Å². The van der Waals surface area contributed by atoms with Crippen molar-refractivity contribution in [3.05, 3.63) is 35.9 Å². The van der Waals surface area contributed by atoms with Crippen LogP contribution in [0.4, 0.5) is 0 Å². The van der Waals surface area contributed by atoms with Gasteiger partial charge in [-0.1, -0.05) is 43.7 Å². The van der Waals surface area contributed by atoms with Gasteiger partial charge in [0.05, 0.1) is 0 Å². The van der Waals surface area contributed by atoms with E-state index in [1.165, 1.54) is 57.4 Å². The highest BCUT2D eigenvalue weighted by Crippen LogP contribution is 2.10. The Morgan fingerprint density at radius 3 is 2.47 bits per heavy atom. The zero-order chi connectivity index (χ0) is 13.3. The van der Waals surface area contributed by atoms with Crippen LogP contribution >= 0.6 is 0 Å². The van der Waals surface area contributed by atoms with Gasteiger partial charge in [0.15, 0.2) is 0 Å². The Morgan fingerprint density at radius 1 is 1.05 bits per heavy atom. The molecule has 0 N–H and O–H groups in total. The molecule has 2 nitrogen and oxygen atoms in total. The molecule has 106 valence electrons. The summed E-state index contributed by atoms with van der Waals surface area (Å²) in [4.78, 5) is 5.19. The van der Waals surface area contributed by atoms with Gasteiger partial charge in [-0.3, -0.25) is 4.90 Å². The number of hydrogen-bond acceptors (Lipinski definition) is 2. The van der Waals surface area contributed by atoms with Crippen LogP contribution in [-0.4, -0.2) is 42.5 Å². The van der Waals surface area contributed by atoms with Crippen molar-refractivity contribution in [2.75, 3.05) is 32.7 Å². The summed E-state index contributed by atoms with van der Waals surface area (Å²) in [6.45, 7) is 9.67. The predicted octanol–water partition coefficient (Wildman–Crippen LogP) is 3.38. The Bertz CT molecular complexity index is 330. The molecule has 0 amide bonds. The van der Waals surface area contributed by atoms with E-state index in [0.717, 1.165) is 13.1 Å². The van der Waals surface area contributed by atoms with Crippen molar-refractivity contribution in [2.24, 2.45) is 0 Å². The topological polar surface area (TPSA) is 6.48 Å². The first-order valence-corrected chi connectivity index (χ1v) is 7.87. The smallest absolute Gasteiger partial charge is 0.0233 e. The van der Waals surface area contributed by atoms with Crippen molar-refractivity contribution < 1.29 is 0 Å². The molecule has 0 bridgehead atoms. The Morgan fingerprint density at radius 2 is 1.79 bits per heavy atom. The van der Waals surface area contributed by atoms with E-state index < -0.39 is 0 Å². The third-order valence-corrected chi connectivity index (χ3v) is 4.09. The Kier molecular flexibility index (Phi) is 6.38. The summed E-state index contributed by atoms with van der Waals surface area (Å²) in [5.74, 6) is 0. The molecular weight excluding hydrogens is 232 g/mol. The molecule has 0 unspecified atom stereocenters. The Balaban J connectivity index is 1.67. The average Bonchev–Trinajstić information content (AvgIpc) is 2.48. The molecule has 1 aliphatic heterocycles. The standard InChI is InChI=1S/C17H28N2/c1-2-18(16-17-10-5-3-6-11-17)14-9-15-19-12-7-4-8-13-19/h3,5-6,10-11H,2,4,7-9,12-16H2,1H3. The second-order valence-electron chi connectivity index (χ2n) is 5.61. The molecule has 1 aromatic rings. The van der Waals surface area contributed by atoms with Crippen molar-refractivity contribution in [3.8, 4) is 0 Å². The van der Waals surface area contributed by atoms with Gasteiger partial charge in [0, 0.05) is 6.54 Å². The van der Waals surface area contributed by atoms with E-state index in [1.54, 1.807) is 0 Å². The van der Waals surface area contributed by atoms with Crippen molar-refractivity contribution in [2.45, 2.75) is 39.2 Å². The van der Waals surface area contributed by atoms with Gasteiger partial charge in [-0.05, 0) is 57.5 Å². The second kappa shape index (κ2) is 8.34. The largest absolute Gasteiger partial charge is 0.303 e. The molecule has 1 fully saturated rings. The van der Waals surface area contributed by atoms with Crippen molar-refractivity contribution >= 4 is 0 Å². The summed E-state index contributed by atoms with van der Waals surface area (Å²) in [7, 11) is 0. The van der Waals surface area contributed by atoms with Gasteiger partial charge in [0.2, 0.25) is 0 Å². The number of nitrogens with zero attached hydrogens (tertiary/aromatic N) is 2. The van der Waals surface area contributed by atoms with Crippen LogP contribution in [0.2, 0.25) is 0 Å². The van der Waals surface area contributed by atoms with E-state index in [9.17, 15) is 0 Å². The van der Waals surface area contributed by atoms with E-state index in [4.69, 9.17) is 0 Å². The van der Waals surface area contributed by atoms with Crippen LogP contribution in [0.1, 0.15) is 38.2 Å². The molecule has 1 aliphatic rings. The van der Waals surface area contributed by atoms with Crippen molar-refractivity contribution in [1.82, 2.24) is 9.80 Å². The van der Waals surface area contributed by atoms with E-state index in [0.29, 0.717) is 0 Å². The molecule has 0 aliphatic carbocycles. The molecule has 19 heavy (non-hydrogen) atoms. The first kappa shape index (κ1) is 14.5. The number of benzene rings is 1. The van der Waals surface area contributed by atoms with Crippen molar-refractivity contribution in [3.63, 3.8) is 0 Å². The summed E-state index contributed by atoms with van der Waals surface area (Å²) in [6.07, 6.45) is 5.55. The van der Waals surface area contributed by atoms with E-state index in [2.05, 4.69) is 47.1 Å². The van der Waals surface area contributed by atoms with Crippen LogP contribution in [-0.2, 0) is 6.54 Å². The lowest BCUT2D eigenvalue weighted by Crippen LogP contribution is -2.33. The fourth-order valence-corrected chi connectivity index (χ4v) is 2.89. The lowest BCUT2D eigenvalue weighted by molar-refractivity contribution is 0.202. The number of hydrogen-bond donors (Lipinski definition) is 0. The number of likely N-dealkylation sites (tertiary alicyclic amines) is 1. The normalized spacial score (nSPS) is 16.9. The van der Waals surface area contributed by atoms with Crippen LogP contribution in [0.25, 0.3) is 0 Å². The predicted molar refractivity (Wildman–Crippen MR) is 82.3 cm³/mol. The molecule has 0 spiro atoms. The summed E-state index contributed by atoms with van der Waals surface area (Å²) >= 11 is 0. The molecule has 2 rings (SSSR count). The maximum atomic E-state index is 2.64. The van der Waals surface area contributed by atoms with Crippen LogP contribution in [0.15, 0.2) is 30.3 Å². The monoisotopic (exact) mass is 260 g/mol. The molecule has 1 heterocycles. The van der Waals surface area contributed by atoms with Gasteiger partial charge in [-0.2, -0.15) is 0 Å². The third kappa shape index (κ3) is 5.33. The Labute approximate surface area is 118 Å². The Hall–Kier alpha value is -0.860. The number of piperidine rings is 1. The first-order valence-electron chi connectivity index (χ1n) is 7.87. The molecule has 1 aromatic carbocycles. The second-order valence-corrected chi connectivity index (χ2v) is 5.61. The first-order chi connectivity index (χ1) is 9.38. The molecular formula is C17H28N2. The zero-order valence-corrected chi connectivity index (χ0v) is 12.4. The number of rotatable bonds is 7. The minimum absolute atomic E-state index is 1.09. The van der Waals surface area contributed by atoms with Crippen LogP contribution in [0.5, 0.6) is 0 Å². The highest BCUT2D eigenvalue weighted by molar-refractivity contribution is 5.14. The van der Waals surface area contributed by atoms with E-state index in [-0.39, 0.29) is 0 Å². The van der Waals surface area contributed by atoms with Crippen LogP contribution in [0, 0.1) is 0 Å². The van der Waals surface area contributed by atoms with Gasteiger partial charge < -0.3 is 4.90 Å². The maximum Gasteiger partial charge on any atom is 0.0233 e. The third-order valence-electron chi connectivity index (χ3n) is 4.09. The average molecular weight is 260 g/mol. The lowest BCUT2D eigenvalue weighted by Gasteiger charge is -2.28. The van der Waals surface area contributed by atoms with E-state index >= 15 is 0 Å². The lowest BCUT2D eigenvalue weighted by atomic mass is 10.1. The molecule has 2 heteroatoms. The minimum Gasteiger partial charge on any atom is -0.303 e. The molecule has 0 radical (unpaired) electrons. The van der Waals surface area contributed by atoms with Crippen LogP contribution < -0.4 is 0 Å². The highest BCUT2D eigenvalue weighted by Gasteiger charge is 2.10. The summed E-state index contributed by atoms with van der Waals surface area (Å²) < 4.78 is 0.